The van der Waals surface area contributed by atoms with Gasteiger partial charge in [-0.1, -0.05) is 11.6 Å². The van der Waals surface area contributed by atoms with E-state index < -0.39 is 0 Å². The molecule has 25 heavy (non-hydrogen) atoms. The zero-order valence-electron chi connectivity index (χ0n) is 13.8. The van der Waals surface area contributed by atoms with Crippen LogP contribution in [0.15, 0.2) is 30.9 Å². The Hall–Kier alpha value is -2.54. The summed E-state index contributed by atoms with van der Waals surface area (Å²) in [4.78, 5) is 18.2. The molecule has 0 radical (unpaired) electrons. The molecule has 1 aromatic carbocycles. The highest BCUT2D eigenvalue weighted by atomic mass is 35.5. The first-order chi connectivity index (χ1) is 12.3. The van der Waals surface area contributed by atoms with E-state index in [1.54, 1.807) is 25.8 Å². The van der Waals surface area contributed by atoms with Crippen molar-refractivity contribution in [3.63, 3.8) is 0 Å². The van der Waals surface area contributed by atoms with Crippen molar-refractivity contribution < 1.29 is 9.47 Å². The Balaban J connectivity index is 1.51. The van der Waals surface area contributed by atoms with E-state index in [4.69, 9.17) is 21.1 Å². The Morgan fingerprint density at radius 1 is 1.32 bits per heavy atom. The number of aromatic nitrogens is 4. The van der Waals surface area contributed by atoms with Gasteiger partial charge in [0.15, 0.2) is 11.5 Å². The van der Waals surface area contributed by atoms with Gasteiger partial charge in [0.1, 0.15) is 29.9 Å². The van der Waals surface area contributed by atoms with E-state index in [1.165, 1.54) is 0 Å². The van der Waals surface area contributed by atoms with E-state index in [0.717, 1.165) is 30.7 Å². The van der Waals surface area contributed by atoms with Crippen LogP contribution in [0, 0.1) is 0 Å². The van der Waals surface area contributed by atoms with Crippen LogP contribution in [-0.4, -0.2) is 46.2 Å². The number of fused-ring (bicyclic) bond motifs is 1. The molecule has 0 bridgehead atoms. The molecule has 4 rings (SSSR count). The molecule has 3 aromatic rings. The number of hydrogen-bond acceptors (Lipinski definition) is 6. The second-order valence-electron chi connectivity index (χ2n) is 5.90. The zero-order valence-corrected chi connectivity index (χ0v) is 14.5. The van der Waals surface area contributed by atoms with Crippen molar-refractivity contribution in [2.75, 3.05) is 25.2 Å². The highest BCUT2D eigenvalue weighted by Gasteiger charge is 2.28. The summed E-state index contributed by atoms with van der Waals surface area (Å²) in [5, 5.41) is 0.543. The van der Waals surface area contributed by atoms with Gasteiger partial charge in [0, 0.05) is 12.6 Å². The molecular formula is C17H18ClN5O2. The van der Waals surface area contributed by atoms with Gasteiger partial charge in [-0.2, -0.15) is 0 Å². The van der Waals surface area contributed by atoms with Crippen LogP contribution in [-0.2, 0) is 0 Å². The van der Waals surface area contributed by atoms with Crippen LogP contribution in [0.4, 0.5) is 5.82 Å². The molecule has 8 heteroatoms. The molecule has 0 spiro atoms. The summed E-state index contributed by atoms with van der Waals surface area (Å²) in [6.07, 6.45) is 5.31. The van der Waals surface area contributed by atoms with Crippen LogP contribution < -0.4 is 14.4 Å². The van der Waals surface area contributed by atoms with E-state index in [1.807, 2.05) is 12.1 Å². The third kappa shape index (κ3) is 3.07. The highest BCUT2D eigenvalue weighted by Crippen LogP contribution is 2.31. The minimum Gasteiger partial charge on any atom is -0.497 e. The van der Waals surface area contributed by atoms with Gasteiger partial charge in [-0.05, 0) is 25.0 Å². The summed E-state index contributed by atoms with van der Waals surface area (Å²) in [6.45, 7) is 1.46. The summed E-state index contributed by atoms with van der Waals surface area (Å²) in [5.74, 6) is 2.24. The maximum absolute atomic E-state index is 6.26. The number of aromatic amines is 1. The SMILES string of the molecule is COc1ccc(OC[C@H]2CCCN2c2ncnc3nc[nH]c23)c(Cl)c1. The second-order valence-corrected chi connectivity index (χ2v) is 6.30. The largest absolute Gasteiger partial charge is 0.497 e. The molecule has 1 aliphatic rings. The summed E-state index contributed by atoms with van der Waals surface area (Å²) in [5.41, 5.74) is 1.53. The zero-order chi connectivity index (χ0) is 17.2. The molecule has 0 unspecified atom stereocenters. The van der Waals surface area contributed by atoms with Crippen molar-refractivity contribution in [3.8, 4) is 11.5 Å². The molecule has 1 saturated heterocycles. The summed E-state index contributed by atoms with van der Waals surface area (Å²) >= 11 is 6.26. The van der Waals surface area contributed by atoms with Crippen molar-refractivity contribution in [1.29, 1.82) is 0 Å². The third-order valence-electron chi connectivity index (χ3n) is 4.42. The molecular weight excluding hydrogens is 342 g/mol. The number of benzene rings is 1. The first-order valence-electron chi connectivity index (χ1n) is 8.13. The molecule has 1 aliphatic heterocycles. The molecule has 7 nitrogen and oxygen atoms in total. The molecule has 1 N–H and O–H groups in total. The second kappa shape index (κ2) is 6.76. The van der Waals surface area contributed by atoms with Crippen molar-refractivity contribution in [2.45, 2.75) is 18.9 Å². The lowest BCUT2D eigenvalue weighted by Crippen LogP contribution is -2.35. The quantitative estimate of drug-likeness (QED) is 0.754. The number of hydrogen-bond donors (Lipinski definition) is 1. The molecule has 0 aliphatic carbocycles. The van der Waals surface area contributed by atoms with Gasteiger partial charge < -0.3 is 19.4 Å². The number of ether oxygens (including phenoxy) is 2. The van der Waals surface area contributed by atoms with Crippen LogP contribution in [0.1, 0.15) is 12.8 Å². The van der Waals surface area contributed by atoms with Gasteiger partial charge in [-0.3, -0.25) is 0 Å². The topological polar surface area (TPSA) is 76.2 Å². The smallest absolute Gasteiger partial charge is 0.182 e. The Morgan fingerprint density at radius 2 is 2.24 bits per heavy atom. The number of anilines is 1. The fourth-order valence-electron chi connectivity index (χ4n) is 3.17. The van der Waals surface area contributed by atoms with Crippen LogP contribution in [0.3, 0.4) is 0 Å². The summed E-state index contributed by atoms with van der Waals surface area (Å²) < 4.78 is 11.1. The number of imidazole rings is 1. The van der Waals surface area contributed by atoms with Crippen molar-refractivity contribution in [3.05, 3.63) is 35.9 Å². The molecule has 1 atom stereocenters. The molecule has 130 valence electrons. The molecule has 0 amide bonds. The number of H-pyrrole nitrogens is 1. The van der Waals surface area contributed by atoms with Gasteiger partial charge in [0.05, 0.1) is 24.5 Å². The average Bonchev–Trinajstić information content (AvgIpc) is 3.29. The average molecular weight is 360 g/mol. The van der Waals surface area contributed by atoms with E-state index >= 15 is 0 Å². The third-order valence-corrected chi connectivity index (χ3v) is 4.72. The normalized spacial score (nSPS) is 17.2. The summed E-state index contributed by atoms with van der Waals surface area (Å²) in [7, 11) is 1.61. The predicted octanol–water partition coefficient (Wildman–Crippen LogP) is 3.06. The van der Waals surface area contributed by atoms with E-state index in [-0.39, 0.29) is 6.04 Å². The number of halogens is 1. The maximum Gasteiger partial charge on any atom is 0.182 e. The Labute approximate surface area is 150 Å². The fraction of sp³-hybridized carbons (Fsp3) is 0.353. The van der Waals surface area contributed by atoms with Gasteiger partial charge in [0.25, 0.3) is 0 Å². The van der Waals surface area contributed by atoms with Crippen molar-refractivity contribution in [2.24, 2.45) is 0 Å². The van der Waals surface area contributed by atoms with Gasteiger partial charge in [0.2, 0.25) is 0 Å². The standard InChI is InChI=1S/C17H18ClN5O2/c1-24-12-4-5-14(13(18)7-12)25-8-11-3-2-6-23(11)17-15-16(20-9-19-15)21-10-22-17/h4-5,7,9-11H,2-3,6,8H2,1H3,(H,19,20,21,22)/t11-/m1/s1. The number of methoxy groups -OCH3 is 1. The minimum absolute atomic E-state index is 0.222. The van der Waals surface area contributed by atoms with Gasteiger partial charge in [-0.15, -0.1) is 0 Å². The predicted molar refractivity (Wildman–Crippen MR) is 95.6 cm³/mol. The Morgan fingerprint density at radius 3 is 3.08 bits per heavy atom. The maximum atomic E-state index is 6.26. The van der Waals surface area contributed by atoms with Crippen molar-refractivity contribution in [1.82, 2.24) is 19.9 Å². The number of nitrogens with one attached hydrogen (secondary N) is 1. The lowest BCUT2D eigenvalue weighted by molar-refractivity contribution is 0.288. The Kier molecular flexibility index (Phi) is 4.31. The van der Waals surface area contributed by atoms with E-state index in [2.05, 4.69) is 24.8 Å². The molecule has 1 fully saturated rings. The first-order valence-corrected chi connectivity index (χ1v) is 8.51. The van der Waals surface area contributed by atoms with Crippen molar-refractivity contribution >= 4 is 28.6 Å². The number of nitrogens with zero attached hydrogens (tertiary/aromatic N) is 4. The lowest BCUT2D eigenvalue weighted by atomic mass is 10.2. The monoisotopic (exact) mass is 359 g/mol. The minimum atomic E-state index is 0.222. The fourth-order valence-corrected chi connectivity index (χ4v) is 3.39. The first kappa shape index (κ1) is 16.0. The Bertz CT molecular complexity index is 884. The molecule has 2 aromatic heterocycles. The van der Waals surface area contributed by atoms with Crippen LogP contribution >= 0.6 is 11.6 Å². The highest BCUT2D eigenvalue weighted by molar-refractivity contribution is 6.32. The van der Waals surface area contributed by atoms with E-state index in [9.17, 15) is 0 Å². The van der Waals surface area contributed by atoms with Crippen LogP contribution in [0.25, 0.3) is 11.2 Å². The number of rotatable bonds is 5. The summed E-state index contributed by atoms with van der Waals surface area (Å²) in [6, 6.07) is 5.64. The van der Waals surface area contributed by atoms with E-state index in [0.29, 0.717) is 28.8 Å². The van der Waals surface area contributed by atoms with Crippen LogP contribution in [0.2, 0.25) is 5.02 Å². The van der Waals surface area contributed by atoms with Crippen LogP contribution in [0.5, 0.6) is 11.5 Å². The van der Waals surface area contributed by atoms with Gasteiger partial charge >= 0.3 is 0 Å². The molecule has 3 heterocycles. The molecule has 0 saturated carbocycles. The lowest BCUT2D eigenvalue weighted by Gasteiger charge is -2.26. The van der Waals surface area contributed by atoms with Gasteiger partial charge in [-0.25, -0.2) is 15.0 Å².